The van der Waals surface area contributed by atoms with Crippen molar-refractivity contribution in [2.75, 3.05) is 19.0 Å². The van der Waals surface area contributed by atoms with Crippen LogP contribution in [0.25, 0.3) is 0 Å². The Morgan fingerprint density at radius 3 is 3.08 bits per heavy atom. The van der Waals surface area contributed by atoms with Gasteiger partial charge in [0.1, 0.15) is 5.75 Å². The minimum atomic E-state index is -0.516. The van der Waals surface area contributed by atoms with Crippen molar-refractivity contribution in [2.45, 2.75) is 25.3 Å². The Morgan fingerprint density at radius 2 is 2.36 bits per heavy atom. The van der Waals surface area contributed by atoms with Gasteiger partial charge in [0.15, 0.2) is 0 Å². The Hall–Kier alpha value is -2.54. The fraction of sp³-hybridized carbons (Fsp3) is 0.353. The largest absolute Gasteiger partial charge is 0.497 e. The first kappa shape index (κ1) is 17.3. The average Bonchev–Trinajstić information content (AvgIpc) is 3.02. The second-order valence-corrected chi connectivity index (χ2v) is 6.26. The summed E-state index contributed by atoms with van der Waals surface area (Å²) in [6.45, 7) is 1.15. The number of aromatic nitrogens is 2. The fourth-order valence-electron chi connectivity index (χ4n) is 2.84. The highest BCUT2D eigenvalue weighted by Gasteiger charge is 2.30. The molecule has 1 aromatic heterocycles. The summed E-state index contributed by atoms with van der Waals surface area (Å²) in [7, 11) is 1.57. The van der Waals surface area contributed by atoms with Crippen LogP contribution in [0.5, 0.6) is 5.75 Å². The number of amides is 2. The van der Waals surface area contributed by atoms with Crippen LogP contribution in [0.3, 0.4) is 0 Å². The van der Waals surface area contributed by atoms with Crippen LogP contribution in [0.4, 0.5) is 5.69 Å². The van der Waals surface area contributed by atoms with E-state index in [4.69, 9.17) is 16.3 Å². The minimum absolute atomic E-state index is 0.126. The molecule has 25 heavy (non-hydrogen) atoms. The molecule has 2 heterocycles. The van der Waals surface area contributed by atoms with E-state index in [9.17, 15) is 9.59 Å². The zero-order valence-corrected chi connectivity index (χ0v) is 14.5. The zero-order valence-electron chi connectivity index (χ0n) is 13.8. The number of methoxy groups -OCH3 is 1. The quantitative estimate of drug-likeness (QED) is 0.771. The summed E-state index contributed by atoms with van der Waals surface area (Å²) in [4.78, 5) is 24.4. The van der Waals surface area contributed by atoms with Crippen molar-refractivity contribution in [3.8, 4) is 5.75 Å². The van der Waals surface area contributed by atoms with Crippen molar-refractivity contribution in [3.63, 3.8) is 0 Å². The summed E-state index contributed by atoms with van der Waals surface area (Å²) in [5, 5.41) is 10.4. The van der Waals surface area contributed by atoms with E-state index in [2.05, 4.69) is 15.7 Å². The van der Waals surface area contributed by atoms with Gasteiger partial charge in [-0.25, -0.2) is 0 Å². The summed E-state index contributed by atoms with van der Waals surface area (Å²) in [5.74, 6) is -0.187. The maximum absolute atomic E-state index is 12.5. The number of carbonyl (C=O) groups is 2. The van der Waals surface area contributed by atoms with Crippen LogP contribution in [-0.2, 0) is 16.1 Å². The molecule has 0 radical (unpaired) electrons. The highest BCUT2D eigenvalue weighted by molar-refractivity contribution is 6.30. The van der Waals surface area contributed by atoms with E-state index >= 15 is 0 Å². The van der Waals surface area contributed by atoms with Crippen molar-refractivity contribution in [1.29, 1.82) is 0 Å². The highest BCUT2D eigenvalue weighted by Crippen LogP contribution is 2.34. The smallest absolute Gasteiger partial charge is 0.228 e. The Balaban J connectivity index is 1.61. The highest BCUT2D eigenvalue weighted by atomic mass is 35.5. The molecule has 3 rings (SSSR count). The number of benzene rings is 1. The number of nitrogens with zero attached hydrogens (tertiary/aromatic N) is 2. The van der Waals surface area contributed by atoms with Crippen LogP contribution in [0.15, 0.2) is 30.6 Å². The van der Waals surface area contributed by atoms with Crippen LogP contribution in [0, 0.1) is 0 Å². The Kier molecular flexibility index (Phi) is 5.23. The van der Waals surface area contributed by atoms with Crippen molar-refractivity contribution < 1.29 is 14.3 Å². The number of carbonyl (C=O) groups excluding carboxylic acids is 2. The molecule has 2 N–H and O–H groups in total. The molecule has 8 heteroatoms. The first-order valence-electron chi connectivity index (χ1n) is 8.00. The maximum atomic E-state index is 12.5. The molecule has 2 aromatic rings. The lowest BCUT2D eigenvalue weighted by Crippen LogP contribution is -2.35. The Labute approximate surface area is 150 Å². The van der Waals surface area contributed by atoms with E-state index in [0.29, 0.717) is 36.0 Å². The van der Waals surface area contributed by atoms with Crippen LogP contribution in [-0.4, -0.2) is 35.2 Å². The summed E-state index contributed by atoms with van der Waals surface area (Å²) in [5.41, 5.74) is 1.43. The monoisotopic (exact) mass is 362 g/mol. The molecule has 0 saturated heterocycles. The van der Waals surface area contributed by atoms with Gasteiger partial charge in [-0.05, 0) is 30.2 Å². The maximum Gasteiger partial charge on any atom is 0.228 e. The molecule has 0 bridgehead atoms. The normalized spacial score (nSPS) is 16.1. The lowest BCUT2D eigenvalue weighted by atomic mass is 9.89. The molecule has 0 aliphatic carbocycles. The van der Waals surface area contributed by atoms with E-state index < -0.39 is 5.92 Å². The molecule has 1 aliphatic heterocycles. The molecule has 1 aliphatic rings. The van der Waals surface area contributed by atoms with E-state index in [1.165, 1.54) is 0 Å². The third-order valence-electron chi connectivity index (χ3n) is 4.08. The van der Waals surface area contributed by atoms with Gasteiger partial charge in [-0.3, -0.25) is 14.3 Å². The summed E-state index contributed by atoms with van der Waals surface area (Å²) in [6.07, 6.45) is 4.15. The van der Waals surface area contributed by atoms with E-state index in [1.54, 1.807) is 42.4 Å². The zero-order chi connectivity index (χ0) is 17.8. The van der Waals surface area contributed by atoms with Gasteiger partial charge < -0.3 is 15.4 Å². The van der Waals surface area contributed by atoms with Crippen molar-refractivity contribution >= 4 is 29.1 Å². The van der Waals surface area contributed by atoms with E-state index in [0.717, 1.165) is 5.56 Å². The summed E-state index contributed by atoms with van der Waals surface area (Å²) in [6, 6.07) is 5.31. The molecule has 1 atom stereocenters. The van der Waals surface area contributed by atoms with E-state index in [1.807, 2.05) is 0 Å². The minimum Gasteiger partial charge on any atom is -0.497 e. The molecule has 1 unspecified atom stereocenters. The number of aryl methyl sites for hydroxylation is 1. The topological polar surface area (TPSA) is 85.2 Å². The first-order chi connectivity index (χ1) is 12.1. The molecule has 132 valence electrons. The summed E-state index contributed by atoms with van der Waals surface area (Å²) < 4.78 is 6.94. The average molecular weight is 363 g/mol. The SMILES string of the molecule is COc1ccc2c(c1)C(C(=O)NCCCn1cc(Cl)cn1)CC(=O)N2. The van der Waals surface area contributed by atoms with E-state index in [-0.39, 0.29) is 18.2 Å². The lowest BCUT2D eigenvalue weighted by Gasteiger charge is -2.25. The first-order valence-corrected chi connectivity index (χ1v) is 8.38. The summed E-state index contributed by atoms with van der Waals surface area (Å²) >= 11 is 5.81. The van der Waals surface area contributed by atoms with Gasteiger partial charge >= 0.3 is 0 Å². The molecular weight excluding hydrogens is 344 g/mol. The molecule has 2 amide bonds. The number of fused-ring (bicyclic) bond motifs is 1. The van der Waals surface area contributed by atoms with Gasteiger partial charge in [0.25, 0.3) is 0 Å². The molecular formula is C17H19ClN4O3. The molecule has 0 fully saturated rings. The van der Waals surface area contributed by atoms with Gasteiger partial charge in [-0.1, -0.05) is 11.6 Å². The van der Waals surface area contributed by atoms with Crippen LogP contribution in [0.1, 0.15) is 24.3 Å². The third kappa shape index (κ3) is 4.11. The van der Waals surface area contributed by atoms with Crippen LogP contribution >= 0.6 is 11.6 Å². The number of hydrogen-bond donors (Lipinski definition) is 2. The lowest BCUT2D eigenvalue weighted by molar-refractivity contribution is -0.126. The van der Waals surface area contributed by atoms with Crippen LogP contribution in [0.2, 0.25) is 5.02 Å². The predicted octanol–water partition coefficient (Wildman–Crippen LogP) is 2.18. The molecule has 7 nitrogen and oxygen atoms in total. The Bertz CT molecular complexity index is 790. The second-order valence-electron chi connectivity index (χ2n) is 5.82. The number of anilines is 1. The standard InChI is InChI=1S/C17H19ClN4O3/c1-25-12-3-4-15-13(7-12)14(8-16(23)21-15)17(24)19-5-2-6-22-10-11(18)9-20-22/h3-4,7,9-10,14H,2,5-6,8H2,1H3,(H,19,24)(H,21,23). The molecule has 0 saturated carbocycles. The number of rotatable bonds is 6. The van der Waals surface area contributed by atoms with Gasteiger partial charge in [0.2, 0.25) is 11.8 Å². The van der Waals surface area contributed by atoms with Gasteiger partial charge in [0, 0.05) is 31.4 Å². The molecule has 0 spiro atoms. The van der Waals surface area contributed by atoms with Gasteiger partial charge in [-0.2, -0.15) is 5.10 Å². The van der Waals surface area contributed by atoms with Crippen LogP contribution < -0.4 is 15.4 Å². The number of nitrogens with one attached hydrogen (secondary N) is 2. The Morgan fingerprint density at radius 1 is 1.52 bits per heavy atom. The molecule has 1 aromatic carbocycles. The van der Waals surface area contributed by atoms with Gasteiger partial charge in [-0.15, -0.1) is 0 Å². The third-order valence-corrected chi connectivity index (χ3v) is 4.27. The van der Waals surface area contributed by atoms with Crippen molar-refractivity contribution in [2.24, 2.45) is 0 Å². The predicted molar refractivity (Wildman–Crippen MR) is 93.8 cm³/mol. The van der Waals surface area contributed by atoms with Crippen molar-refractivity contribution in [1.82, 2.24) is 15.1 Å². The number of hydrogen-bond acceptors (Lipinski definition) is 4. The van der Waals surface area contributed by atoms with Gasteiger partial charge in [0.05, 0.1) is 24.2 Å². The number of halogens is 1. The fourth-order valence-corrected chi connectivity index (χ4v) is 2.99. The number of ether oxygens (including phenoxy) is 1. The second kappa shape index (κ2) is 7.57. The van der Waals surface area contributed by atoms with Crippen molar-refractivity contribution in [3.05, 3.63) is 41.2 Å².